The van der Waals surface area contributed by atoms with Crippen molar-refractivity contribution in [2.45, 2.75) is 51.9 Å². The molecule has 0 aliphatic carbocycles. The highest BCUT2D eigenvalue weighted by atomic mass is 32.1. The van der Waals surface area contributed by atoms with Gasteiger partial charge in [0.25, 0.3) is 5.56 Å². The predicted octanol–water partition coefficient (Wildman–Crippen LogP) is 1.47. The standard InChI is InChI=1S/C25H28N4O5S/c1-16(30)27-10-9-19-20(14-27)35-24-22(19)23(32)28(13-17-6-3-2-4-7-17)25(33)29(24)15-21(31)26-12-18-8-5-11-34-18/h2-4,6-7,18H,5,8-15H2,1H3,(H,26,31)/t18-/m0/s1. The van der Waals surface area contributed by atoms with Gasteiger partial charge in [-0.15, -0.1) is 11.3 Å². The molecule has 10 heteroatoms. The number of benzene rings is 1. The van der Waals surface area contributed by atoms with E-state index >= 15 is 0 Å². The number of hydrogen-bond acceptors (Lipinski definition) is 6. The van der Waals surface area contributed by atoms with Crippen LogP contribution >= 0.6 is 11.3 Å². The van der Waals surface area contributed by atoms with E-state index < -0.39 is 5.69 Å². The van der Waals surface area contributed by atoms with Gasteiger partial charge in [0.1, 0.15) is 11.4 Å². The fourth-order valence-corrected chi connectivity index (χ4v) is 6.15. The lowest BCUT2D eigenvalue weighted by Crippen LogP contribution is -2.43. The molecule has 1 aromatic carbocycles. The monoisotopic (exact) mass is 496 g/mol. The molecule has 0 spiro atoms. The highest BCUT2D eigenvalue weighted by molar-refractivity contribution is 7.18. The van der Waals surface area contributed by atoms with Gasteiger partial charge in [-0.3, -0.25) is 23.5 Å². The zero-order valence-electron chi connectivity index (χ0n) is 19.6. The molecule has 0 unspecified atom stereocenters. The van der Waals surface area contributed by atoms with Gasteiger partial charge in [-0.2, -0.15) is 0 Å². The SMILES string of the molecule is CC(=O)N1CCc2c(sc3c2c(=O)n(Cc2ccccc2)c(=O)n3CC(=O)NC[C@@H]2CCCO2)C1. The average Bonchev–Trinajstić information content (AvgIpc) is 3.51. The number of nitrogens with zero attached hydrogens (tertiary/aromatic N) is 3. The number of rotatable bonds is 6. The maximum Gasteiger partial charge on any atom is 0.332 e. The quantitative estimate of drug-likeness (QED) is 0.557. The molecule has 9 nitrogen and oxygen atoms in total. The fourth-order valence-electron chi connectivity index (χ4n) is 4.80. The Morgan fingerprint density at radius 1 is 1.17 bits per heavy atom. The fraction of sp³-hybridized carbons (Fsp3) is 0.440. The van der Waals surface area contributed by atoms with Crippen molar-refractivity contribution in [3.8, 4) is 0 Å². The third-order valence-electron chi connectivity index (χ3n) is 6.69. The van der Waals surface area contributed by atoms with E-state index in [0.29, 0.717) is 42.9 Å². The molecule has 2 amide bonds. The van der Waals surface area contributed by atoms with Crippen molar-refractivity contribution in [2.75, 3.05) is 19.7 Å². The van der Waals surface area contributed by atoms with E-state index in [1.165, 1.54) is 27.4 Å². The first-order valence-corrected chi connectivity index (χ1v) is 12.7. The van der Waals surface area contributed by atoms with Crippen LogP contribution in [0.5, 0.6) is 0 Å². The molecule has 0 bridgehead atoms. The number of carbonyl (C=O) groups excluding carboxylic acids is 2. The molecular formula is C25H28N4O5S. The first-order chi connectivity index (χ1) is 16.9. The average molecular weight is 497 g/mol. The summed E-state index contributed by atoms with van der Waals surface area (Å²) in [5, 5.41) is 3.36. The Labute approximate surface area is 205 Å². The highest BCUT2D eigenvalue weighted by Crippen LogP contribution is 2.33. The van der Waals surface area contributed by atoms with Crippen LogP contribution in [0.4, 0.5) is 0 Å². The van der Waals surface area contributed by atoms with E-state index in [0.717, 1.165) is 28.8 Å². The first-order valence-electron chi connectivity index (χ1n) is 11.9. The summed E-state index contributed by atoms with van der Waals surface area (Å²) in [6.45, 7) is 3.48. The molecular weight excluding hydrogens is 468 g/mol. The van der Waals surface area contributed by atoms with Crippen LogP contribution in [0.2, 0.25) is 0 Å². The van der Waals surface area contributed by atoms with Crippen molar-refractivity contribution in [3.05, 3.63) is 67.2 Å². The number of amides is 2. The Morgan fingerprint density at radius 3 is 2.69 bits per heavy atom. The summed E-state index contributed by atoms with van der Waals surface area (Å²) < 4.78 is 8.20. The number of ether oxygens (including phenoxy) is 1. The predicted molar refractivity (Wildman–Crippen MR) is 133 cm³/mol. The van der Waals surface area contributed by atoms with E-state index in [2.05, 4.69) is 5.32 Å². The second kappa shape index (κ2) is 9.79. The molecule has 184 valence electrons. The van der Waals surface area contributed by atoms with Crippen molar-refractivity contribution < 1.29 is 14.3 Å². The third-order valence-corrected chi connectivity index (χ3v) is 7.93. The molecule has 1 N–H and O–H groups in total. The largest absolute Gasteiger partial charge is 0.376 e. The van der Waals surface area contributed by atoms with Crippen molar-refractivity contribution in [1.29, 1.82) is 0 Å². The zero-order valence-corrected chi connectivity index (χ0v) is 20.4. The summed E-state index contributed by atoms with van der Waals surface area (Å²) in [5.41, 5.74) is 0.842. The molecule has 0 radical (unpaired) electrons. The second-order valence-corrected chi connectivity index (χ2v) is 10.1. The van der Waals surface area contributed by atoms with Crippen molar-refractivity contribution >= 4 is 33.4 Å². The molecule has 2 aliphatic rings. The van der Waals surface area contributed by atoms with Crippen molar-refractivity contribution in [1.82, 2.24) is 19.4 Å². The van der Waals surface area contributed by atoms with Crippen LogP contribution in [-0.2, 0) is 40.4 Å². The summed E-state index contributed by atoms with van der Waals surface area (Å²) in [6.07, 6.45) is 2.41. The van der Waals surface area contributed by atoms with E-state index in [1.807, 2.05) is 30.3 Å². The molecule has 2 aliphatic heterocycles. The van der Waals surface area contributed by atoms with Crippen LogP contribution in [0.25, 0.3) is 10.2 Å². The molecule has 1 fully saturated rings. The number of carbonyl (C=O) groups is 2. The van der Waals surface area contributed by atoms with Crippen molar-refractivity contribution in [3.63, 3.8) is 0 Å². The van der Waals surface area contributed by atoms with Crippen LogP contribution in [0, 0.1) is 0 Å². The lowest BCUT2D eigenvalue weighted by atomic mass is 10.1. The molecule has 1 atom stereocenters. The Hall–Kier alpha value is -3.24. The van der Waals surface area contributed by atoms with Gasteiger partial charge in [0, 0.05) is 31.5 Å². The van der Waals surface area contributed by atoms with Crippen LogP contribution in [0.1, 0.15) is 35.8 Å². The molecule has 35 heavy (non-hydrogen) atoms. The Kier molecular flexibility index (Phi) is 6.57. The normalized spacial score (nSPS) is 17.5. The van der Waals surface area contributed by atoms with Crippen LogP contribution < -0.4 is 16.6 Å². The minimum absolute atomic E-state index is 0.00524. The van der Waals surface area contributed by atoms with Gasteiger partial charge >= 0.3 is 5.69 Å². The Bertz CT molecular complexity index is 1380. The van der Waals surface area contributed by atoms with Crippen molar-refractivity contribution in [2.24, 2.45) is 0 Å². The van der Waals surface area contributed by atoms with Gasteiger partial charge in [0.2, 0.25) is 11.8 Å². The summed E-state index contributed by atoms with van der Waals surface area (Å²) in [4.78, 5) is 55.1. The molecule has 5 rings (SSSR count). The molecule has 1 saturated heterocycles. The van der Waals surface area contributed by atoms with Gasteiger partial charge in [-0.05, 0) is 30.4 Å². The van der Waals surface area contributed by atoms with Gasteiger partial charge in [-0.1, -0.05) is 30.3 Å². The van der Waals surface area contributed by atoms with E-state index in [-0.39, 0.29) is 36.6 Å². The van der Waals surface area contributed by atoms with Gasteiger partial charge in [0.15, 0.2) is 0 Å². The number of aromatic nitrogens is 2. The molecule has 0 saturated carbocycles. The lowest BCUT2D eigenvalue weighted by Gasteiger charge is -2.25. The topological polar surface area (TPSA) is 103 Å². The van der Waals surface area contributed by atoms with Gasteiger partial charge < -0.3 is 15.0 Å². The maximum absolute atomic E-state index is 13.6. The summed E-state index contributed by atoms with van der Waals surface area (Å²) in [5.74, 6) is -0.328. The second-order valence-electron chi connectivity index (χ2n) is 9.06. The summed E-state index contributed by atoms with van der Waals surface area (Å²) in [6, 6.07) is 9.32. The van der Waals surface area contributed by atoms with E-state index in [9.17, 15) is 19.2 Å². The van der Waals surface area contributed by atoms with Crippen LogP contribution in [-0.4, -0.2) is 51.6 Å². The molecule has 3 aromatic rings. The minimum atomic E-state index is -0.513. The Balaban J connectivity index is 1.56. The maximum atomic E-state index is 13.6. The van der Waals surface area contributed by atoms with Crippen LogP contribution in [0.3, 0.4) is 0 Å². The summed E-state index contributed by atoms with van der Waals surface area (Å²) in [7, 11) is 0. The number of thiophene rings is 1. The van der Waals surface area contributed by atoms with Crippen LogP contribution in [0.15, 0.2) is 39.9 Å². The number of fused-ring (bicyclic) bond motifs is 3. The smallest absolute Gasteiger partial charge is 0.332 e. The van der Waals surface area contributed by atoms with Gasteiger partial charge in [0.05, 0.1) is 24.6 Å². The number of nitrogens with one attached hydrogen (secondary N) is 1. The molecule has 2 aromatic heterocycles. The zero-order chi connectivity index (χ0) is 24.5. The highest BCUT2D eigenvalue weighted by Gasteiger charge is 2.28. The lowest BCUT2D eigenvalue weighted by molar-refractivity contribution is -0.129. The Morgan fingerprint density at radius 2 is 1.97 bits per heavy atom. The minimum Gasteiger partial charge on any atom is -0.376 e. The first kappa shape index (κ1) is 23.5. The van der Waals surface area contributed by atoms with E-state index in [4.69, 9.17) is 4.74 Å². The third kappa shape index (κ3) is 4.68. The van der Waals surface area contributed by atoms with Gasteiger partial charge in [-0.25, -0.2) is 4.79 Å². The summed E-state index contributed by atoms with van der Waals surface area (Å²) >= 11 is 1.33. The number of hydrogen-bond donors (Lipinski definition) is 1. The van der Waals surface area contributed by atoms with E-state index in [1.54, 1.807) is 4.90 Å². The molecule has 4 heterocycles.